The van der Waals surface area contributed by atoms with Gasteiger partial charge in [0.15, 0.2) is 5.82 Å². The van der Waals surface area contributed by atoms with Crippen LogP contribution in [0.15, 0.2) is 6.07 Å². The van der Waals surface area contributed by atoms with Crippen molar-refractivity contribution in [2.45, 2.75) is 44.1 Å². The van der Waals surface area contributed by atoms with Crippen LogP contribution in [-0.4, -0.2) is 35.3 Å². The third-order valence-corrected chi connectivity index (χ3v) is 3.63. The Hall–Kier alpha value is -1.44. The van der Waals surface area contributed by atoms with Crippen LogP contribution in [-0.2, 0) is 16.1 Å². The number of hydrogen-bond acceptors (Lipinski definition) is 7. The van der Waals surface area contributed by atoms with Gasteiger partial charge < -0.3 is 20.2 Å². The van der Waals surface area contributed by atoms with Crippen molar-refractivity contribution >= 4 is 11.6 Å². The van der Waals surface area contributed by atoms with Crippen molar-refractivity contribution in [3.05, 3.63) is 11.9 Å². The van der Waals surface area contributed by atoms with Crippen molar-refractivity contribution in [2.24, 2.45) is 5.84 Å². The molecule has 19 heavy (non-hydrogen) atoms. The molecule has 0 saturated carbocycles. The first-order valence-corrected chi connectivity index (χ1v) is 6.54. The summed E-state index contributed by atoms with van der Waals surface area (Å²) >= 11 is 0. The van der Waals surface area contributed by atoms with E-state index in [1.165, 1.54) is 6.42 Å². The number of hydrogen-bond donors (Lipinski definition) is 3. The summed E-state index contributed by atoms with van der Waals surface area (Å²) in [6, 6.07) is 2.13. The van der Waals surface area contributed by atoms with Gasteiger partial charge in [-0.2, -0.15) is 0 Å². The first-order valence-electron chi connectivity index (χ1n) is 6.54. The Balaban J connectivity index is 1.74. The van der Waals surface area contributed by atoms with Gasteiger partial charge in [-0.15, -0.1) is 0 Å². The maximum atomic E-state index is 5.82. The number of rotatable bonds is 5. The summed E-state index contributed by atoms with van der Waals surface area (Å²) in [5.41, 5.74) is 2.55. The number of nitrogens with two attached hydrogens (primary N) is 1. The van der Waals surface area contributed by atoms with E-state index in [0.717, 1.165) is 18.7 Å². The van der Waals surface area contributed by atoms with Crippen LogP contribution in [0.3, 0.4) is 0 Å². The van der Waals surface area contributed by atoms with Crippen molar-refractivity contribution in [1.29, 1.82) is 0 Å². The summed E-state index contributed by atoms with van der Waals surface area (Å²) < 4.78 is 10.9. The van der Waals surface area contributed by atoms with Crippen molar-refractivity contribution in [2.75, 3.05) is 17.9 Å². The minimum atomic E-state index is 0.306. The second kappa shape index (κ2) is 5.28. The number of ether oxygens (including phenoxy) is 2. The lowest BCUT2D eigenvalue weighted by molar-refractivity contribution is 0.102. The van der Waals surface area contributed by atoms with E-state index in [9.17, 15) is 0 Å². The van der Waals surface area contributed by atoms with E-state index in [-0.39, 0.29) is 0 Å². The van der Waals surface area contributed by atoms with E-state index < -0.39 is 0 Å². The Bertz CT molecular complexity index is 456. The highest BCUT2D eigenvalue weighted by molar-refractivity contribution is 5.47. The Labute approximate surface area is 111 Å². The van der Waals surface area contributed by atoms with Crippen LogP contribution in [0, 0.1) is 0 Å². The van der Waals surface area contributed by atoms with Gasteiger partial charge in [-0.3, -0.25) is 0 Å². The Morgan fingerprint density at radius 1 is 1.42 bits per heavy atom. The monoisotopic (exact) mass is 265 g/mol. The third-order valence-electron chi connectivity index (χ3n) is 3.63. The van der Waals surface area contributed by atoms with Gasteiger partial charge in [-0.05, 0) is 19.3 Å². The lowest BCUT2D eigenvalue weighted by Crippen LogP contribution is -2.31. The molecule has 2 fully saturated rings. The second-order valence-electron chi connectivity index (χ2n) is 4.99. The number of nitrogens with one attached hydrogen (secondary N) is 2. The summed E-state index contributed by atoms with van der Waals surface area (Å²) in [6.45, 7) is 0.359. The Kier molecular flexibility index (Phi) is 3.50. The van der Waals surface area contributed by atoms with Gasteiger partial charge in [0, 0.05) is 13.2 Å². The molecule has 2 aliphatic heterocycles. The Morgan fingerprint density at radius 2 is 2.26 bits per heavy atom. The average Bonchev–Trinajstić information content (AvgIpc) is 3.01. The van der Waals surface area contributed by atoms with Crippen molar-refractivity contribution in [3.63, 3.8) is 0 Å². The highest BCUT2D eigenvalue weighted by Crippen LogP contribution is 2.35. The van der Waals surface area contributed by atoms with Gasteiger partial charge in [0.25, 0.3) is 0 Å². The highest BCUT2D eigenvalue weighted by Gasteiger charge is 2.40. The minimum absolute atomic E-state index is 0.306. The van der Waals surface area contributed by atoms with Crippen LogP contribution in [0.1, 0.15) is 25.1 Å². The molecule has 7 heteroatoms. The largest absolute Gasteiger partial charge is 0.377 e. The molecule has 104 valence electrons. The van der Waals surface area contributed by atoms with Crippen LogP contribution in [0.25, 0.3) is 0 Å². The molecular formula is C12H19N5O2. The number of nitrogen functional groups attached to an aromatic ring is 1. The van der Waals surface area contributed by atoms with E-state index in [1.54, 1.807) is 13.2 Å². The predicted octanol–water partition coefficient (Wildman–Crippen LogP) is 0.640. The summed E-state index contributed by atoms with van der Waals surface area (Å²) in [4.78, 5) is 8.64. The van der Waals surface area contributed by atoms with Gasteiger partial charge in [0.05, 0.1) is 18.2 Å². The SMILES string of the molecule is COCc1nc(NN)cc(NC2CC3CCC2O3)n1. The normalized spacial score (nSPS) is 28.6. The molecule has 2 bridgehead atoms. The van der Waals surface area contributed by atoms with Crippen LogP contribution in [0.2, 0.25) is 0 Å². The number of fused-ring (bicyclic) bond motifs is 2. The highest BCUT2D eigenvalue weighted by atomic mass is 16.5. The zero-order chi connectivity index (χ0) is 13.2. The first-order chi connectivity index (χ1) is 9.28. The zero-order valence-electron chi connectivity index (χ0n) is 10.9. The molecule has 3 unspecified atom stereocenters. The predicted molar refractivity (Wildman–Crippen MR) is 70.5 cm³/mol. The molecule has 0 aromatic carbocycles. The molecule has 0 amide bonds. The molecule has 0 radical (unpaired) electrons. The lowest BCUT2D eigenvalue weighted by Gasteiger charge is -2.21. The fraction of sp³-hybridized carbons (Fsp3) is 0.667. The maximum Gasteiger partial charge on any atom is 0.158 e. The summed E-state index contributed by atoms with van der Waals surface area (Å²) in [5.74, 6) is 7.36. The molecular weight excluding hydrogens is 246 g/mol. The molecule has 0 aliphatic carbocycles. The number of aromatic nitrogens is 2. The van der Waals surface area contributed by atoms with Crippen LogP contribution in [0.4, 0.5) is 11.6 Å². The lowest BCUT2D eigenvalue weighted by atomic mass is 9.95. The van der Waals surface area contributed by atoms with Gasteiger partial charge >= 0.3 is 0 Å². The van der Waals surface area contributed by atoms with Gasteiger partial charge in [0.2, 0.25) is 0 Å². The van der Waals surface area contributed by atoms with Gasteiger partial charge in [0.1, 0.15) is 18.2 Å². The number of methoxy groups -OCH3 is 1. The smallest absolute Gasteiger partial charge is 0.158 e. The van der Waals surface area contributed by atoms with Crippen LogP contribution in [0.5, 0.6) is 0 Å². The minimum Gasteiger partial charge on any atom is -0.377 e. The van der Waals surface area contributed by atoms with E-state index in [1.807, 2.05) is 0 Å². The van der Waals surface area contributed by atoms with Crippen LogP contribution >= 0.6 is 0 Å². The first kappa shape index (κ1) is 12.6. The maximum absolute atomic E-state index is 5.82. The van der Waals surface area contributed by atoms with E-state index in [4.69, 9.17) is 15.3 Å². The molecule has 3 heterocycles. The molecule has 3 rings (SSSR count). The molecule has 0 spiro atoms. The van der Waals surface area contributed by atoms with E-state index in [2.05, 4.69) is 20.7 Å². The molecule has 3 atom stereocenters. The molecule has 4 N–H and O–H groups in total. The average molecular weight is 265 g/mol. The fourth-order valence-electron chi connectivity index (χ4n) is 2.82. The molecule has 1 aromatic rings. The third kappa shape index (κ3) is 2.63. The van der Waals surface area contributed by atoms with Crippen molar-refractivity contribution in [1.82, 2.24) is 9.97 Å². The van der Waals surface area contributed by atoms with E-state index in [0.29, 0.717) is 36.5 Å². The standard InChI is InChI=1S/C12H19N5O2/c1-18-6-12-15-10(5-11(16-12)17-13)14-8-4-7-2-3-9(8)19-7/h5,7-9H,2-4,6,13H2,1H3,(H2,14,15,16,17). The zero-order valence-corrected chi connectivity index (χ0v) is 10.9. The van der Waals surface area contributed by atoms with Gasteiger partial charge in [-0.25, -0.2) is 15.8 Å². The Morgan fingerprint density at radius 3 is 2.89 bits per heavy atom. The quantitative estimate of drug-likeness (QED) is 0.531. The topological polar surface area (TPSA) is 94.3 Å². The molecule has 2 aliphatic rings. The van der Waals surface area contributed by atoms with Gasteiger partial charge in [-0.1, -0.05) is 0 Å². The van der Waals surface area contributed by atoms with E-state index >= 15 is 0 Å². The van der Waals surface area contributed by atoms with Crippen molar-refractivity contribution in [3.8, 4) is 0 Å². The summed E-state index contributed by atoms with van der Waals surface area (Å²) in [5, 5.41) is 3.42. The van der Waals surface area contributed by atoms with Crippen molar-refractivity contribution < 1.29 is 9.47 Å². The number of nitrogens with zero attached hydrogens (tertiary/aromatic N) is 2. The summed E-state index contributed by atoms with van der Waals surface area (Å²) in [7, 11) is 1.61. The number of anilines is 2. The molecule has 1 aromatic heterocycles. The fourth-order valence-corrected chi connectivity index (χ4v) is 2.82. The molecule has 7 nitrogen and oxygen atoms in total. The van der Waals surface area contributed by atoms with Crippen LogP contribution < -0.4 is 16.6 Å². The summed E-state index contributed by atoms with van der Waals surface area (Å²) in [6.07, 6.45) is 4.06. The number of hydrazine groups is 1. The second-order valence-corrected chi connectivity index (χ2v) is 4.99. The molecule has 2 saturated heterocycles.